The van der Waals surface area contributed by atoms with E-state index in [2.05, 4.69) is 15.1 Å². The van der Waals surface area contributed by atoms with Gasteiger partial charge in [-0.2, -0.15) is 4.98 Å². The van der Waals surface area contributed by atoms with Gasteiger partial charge in [0, 0.05) is 6.20 Å². The highest BCUT2D eigenvalue weighted by molar-refractivity contribution is 5.71. The maximum Gasteiger partial charge on any atom is 0.320 e. The Labute approximate surface area is 116 Å². The van der Waals surface area contributed by atoms with Gasteiger partial charge in [-0.3, -0.25) is 14.7 Å². The monoisotopic (exact) mass is 276 g/mol. The van der Waals surface area contributed by atoms with E-state index in [-0.39, 0.29) is 12.5 Å². The molecule has 0 saturated heterocycles. The Kier molecular flexibility index (Phi) is 4.78. The number of nitrogens with zero attached hydrogens (tertiary/aromatic N) is 4. The lowest BCUT2D eigenvalue weighted by Gasteiger charge is -2.12. The molecule has 0 N–H and O–H groups in total. The summed E-state index contributed by atoms with van der Waals surface area (Å²) in [6.07, 6.45) is 1.66. The summed E-state index contributed by atoms with van der Waals surface area (Å²) in [5, 5.41) is 3.86. The molecular formula is C13H16N4O3. The minimum atomic E-state index is -0.278. The highest BCUT2D eigenvalue weighted by Crippen LogP contribution is 2.12. The first-order chi connectivity index (χ1) is 9.69. The summed E-state index contributed by atoms with van der Waals surface area (Å²) in [5.41, 5.74) is 0.649. The molecule has 0 aliphatic heterocycles. The molecule has 106 valence electrons. The molecule has 0 amide bonds. The molecule has 0 spiro atoms. The smallest absolute Gasteiger partial charge is 0.320 e. The lowest BCUT2D eigenvalue weighted by atomic mass is 10.3. The first-order valence-electron chi connectivity index (χ1n) is 6.27. The van der Waals surface area contributed by atoms with E-state index in [9.17, 15) is 4.79 Å². The van der Waals surface area contributed by atoms with Gasteiger partial charge in [0.1, 0.15) is 5.69 Å². The molecule has 7 heteroatoms. The van der Waals surface area contributed by atoms with Gasteiger partial charge in [-0.15, -0.1) is 0 Å². The van der Waals surface area contributed by atoms with Crippen LogP contribution in [-0.2, 0) is 16.1 Å². The number of ether oxygens (including phenoxy) is 1. The number of pyridine rings is 1. The predicted octanol–water partition coefficient (Wildman–Crippen LogP) is 1.13. The van der Waals surface area contributed by atoms with Gasteiger partial charge in [0.05, 0.1) is 19.7 Å². The van der Waals surface area contributed by atoms with E-state index in [1.54, 1.807) is 31.1 Å². The number of esters is 1. The molecule has 0 aromatic carbocycles. The molecule has 0 radical (unpaired) electrons. The highest BCUT2D eigenvalue weighted by atomic mass is 16.5. The van der Waals surface area contributed by atoms with Gasteiger partial charge in [-0.25, -0.2) is 0 Å². The Morgan fingerprint density at radius 2 is 2.30 bits per heavy atom. The number of hydrogen-bond donors (Lipinski definition) is 0. The van der Waals surface area contributed by atoms with Gasteiger partial charge in [0.25, 0.3) is 0 Å². The maximum atomic E-state index is 11.3. The second-order valence-electron chi connectivity index (χ2n) is 4.20. The molecule has 0 atom stereocenters. The normalized spacial score (nSPS) is 10.8. The van der Waals surface area contributed by atoms with Crippen LogP contribution in [0.15, 0.2) is 28.9 Å². The first kappa shape index (κ1) is 14.1. The average molecular weight is 276 g/mol. The van der Waals surface area contributed by atoms with Crippen molar-refractivity contribution in [1.82, 2.24) is 20.0 Å². The highest BCUT2D eigenvalue weighted by Gasteiger charge is 2.13. The number of carbonyl (C=O) groups excluding carboxylic acids is 1. The molecular weight excluding hydrogens is 260 g/mol. The van der Waals surface area contributed by atoms with E-state index in [0.29, 0.717) is 30.6 Å². The zero-order valence-electron chi connectivity index (χ0n) is 11.4. The van der Waals surface area contributed by atoms with Crippen LogP contribution in [0.3, 0.4) is 0 Å². The van der Waals surface area contributed by atoms with E-state index >= 15 is 0 Å². The third kappa shape index (κ3) is 3.86. The van der Waals surface area contributed by atoms with E-state index in [1.807, 2.05) is 12.1 Å². The largest absolute Gasteiger partial charge is 0.465 e. The van der Waals surface area contributed by atoms with Crippen molar-refractivity contribution >= 4 is 5.97 Å². The maximum absolute atomic E-state index is 11.3. The standard InChI is InChI=1S/C13H16N4O3/c1-3-19-12(18)9-17(2)8-11-15-13(16-20-11)10-6-4-5-7-14-10/h4-7H,3,8-9H2,1-2H3. The van der Waals surface area contributed by atoms with Crippen LogP contribution in [0.1, 0.15) is 12.8 Å². The number of carbonyl (C=O) groups is 1. The van der Waals surface area contributed by atoms with Crippen LogP contribution >= 0.6 is 0 Å². The van der Waals surface area contributed by atoms with Crippen molar-refractivity contribution in [3.63, 3.8) is 0 Å². The fourth-order valence-corrected chi connectivity index (χ4v) is 1.63. The quantitative estimate of drug-likeness (QED) is 0.731. The van der Waals surface area contributed by atoms with Gasteiger partial charge >= 0.3 is 5.97 Å². The van der Waals surface area contributed by atoms with Crippen molar-refractivity contribution in [2.75, 3.05) is 20.2 Å². The number of hydrogen-bond acceptors (Lipinski definition) is 7. The molecule has 0 bridgehead atoms. The van der Waals surface area contributed by atoms with E-state index in [4.69, 9.17) is 9.26 Å². The second-order valence-corrected chi connectivity index (χ2v) is 4.20. The van der Waals surface area contributed by atoms with Crippen LogP contribution in [0.4, 0.5) is 0 Å². The van der Waals surface area contributed by atoms with Crippen LogP contribution in [0.2, 0.25) is 0 Å². The first-order valence-corrected chi connectivity index (χ1v) is 6.27. The SMILES string of the molecule is CCOC(=O)CN(C)Cc1nc(-c2ccccn2)no1. The van der Waals surface area contributed by atoms with Crippen molar-refractivity contribution in [3.05, 3.63) is 30.3 Å². The summed E-state index contributed by atoms with van der Waals surface area (Å²) in [7, 11) is 1.78. The molecule has 7 nitrogen and oxygen atoms in total. The van der Waals surface area contributed by atoms with Gasteiger partial charge in [0.2, 0.25) is 11.7 Å². The Hall–Kier alpha value is -2.28. The zero-order valence-corrected chi connectivity index (χ0v) is 11.4. The fraction of sp³-hybridized carbons (Fsp3) is 0.385. The van der Waals surface area contributed by atoms with Crippen molar-refractivity contribution < 1.29 is 14.1 Å². The topological polar surface area (TPSA) is 81.4 Å². The van der Waals surface area contributed by atoms with Crippen LogP contribution in [0.5, 0.6) is 0 Å². The lowest BCUT2D eigenvalue weighted by molar-refractivity contribution is -0.144. The van der Waals surface area contributed by atoms with E-state index in [0.717, 1.165) is 0 Å². The van der Waals surface area contributed by atoms with Gasteiger partial charge in [0.15, 0.2) is 0 Å². The average Bonchev–Trinajstić information content (AvgIpc) is 2.88. The van der Waals surface area contributed by atoms with Crippen LogP contribution < -0.4 is 0 Å². The van der Waals surface area contributed by atoms with Gasteiger partial charge in [-0.1, -0.05) is 11.2 Å². The molecule has 2 aromatic rings. The molecule has 0 aliphatic rings. The van der Waals surface area contributed by atoms with E-state index in [1.165, 1.54) is 0 Å². The third-order valence-electron chi connectivity index (χ3n) is 2.47. The minimum absolute atomic E-state index is 0.176. The van der Waals surface area contributed by atoms with Crippen LogP contribution in [-0.4, -0.2) is 46.2 Å². The fourth-order valence-electron chi connectivity index (χ4n) is 1.63. The molecule has 20 heavy (non-hydrogen) atoms. The van der Waals surface area contributed by atoms with Crippen molar-refractivity contribution in [3.8, 4) is 11.5 Å². The summed E-state index contributed by atoms with van der Waals surface area (Å²) >= 11 is 0. The van der Waals surface area contributed by atoms with Crippen molar-refractivity contribution in [1.29, 1.82) is 0 Å². The summed E-state index contributed by atoms with van der Waals surface area (Å²) in [6.45, 7) is 2.69. The van der Waals surface area contributed by atoms with Gasteiger partial charge in [-0.05, 0) is 26.1 Å². The Morgan fingerprint density at radius 1 is 1.45 bits per heavy atom. The number of rotatable bonds is 6. The van der Waals surface area contributed by atoms with Crippen molar-refractivity contribution in [2.24, 2.45) is 0 Å². The van der Waals surface area contributed by atoms with Crippen LogP contribution in [0.25, 0.3) is 11.5 Å². The lowest BCUT2D eigenvalue weighted by Crippen LogP contribution is -2.27. The summed E-state index contributed by atoms with van der Waals surface area (Å²) < 4.78 is 10.0. The zero-order chi connectivity index (χ0) is 14.4. The molecule has 0 fully saturated rings. The van der Waals surface area contributed by atoms with Crippen molar-refractivity contribution in [2.45, 2.75) is 13.5 Å². The molecule has 0 aliphatic carbocycles. The Bertz CT molecular complexity index is 556. The number of aromatic nitrogens is 3. The van der Waals surface area contributed by atoms with Crippen LogP contribution in [0, 0.1) is 0 Å². The minimum Gasteiger partial charge on any atom is -0.465 e. The third-order valence-corrected chi connectivity index (χ3v) is 2.47. The van der Waals surface area contributed by atoms with Gasteiger partial charge < -0.3 is 9.26 Å². The number of likely N-dealkylation sites (N-methyl/N-ethyl adjacent to an activating group) is 1. The second kappa shape index (κ2) is 6.76. The molecule has 2 aromatic heterocycles. The summed E-state index contributed by atoms with van der Waals surface area (Å²) in [6, 6.07) is 5.47. The molecule has 2 rings (SSSR count). The summed E-state index contributed by atoms with van der Waals surface area (Å²) in [4.78, 5) is 21.5. The predicted molar refractivity (Wildman–Crippen MR) is 70.5 cm³/mol. The molecule has 0 saturated carbocycles. The Morgan fingerprint density at radius 3 is 3.00 bits per heavy atom. The molecule has 2 heterocycles. The summed E-state index contributed by atoms with van der Waals surface area (Å²) in [5.74, 6) is 0.585. The molecule has 0 unspecified atom stereocenters. The Balaban J connectivity index is 1.94. The van der Waals surface area contributed by atoms with E-state index < -0.39 is 0 Å².